The van der Waals surface area contributed by atoms with Gasteiger partial charge in [0.15, 0.2) is 0 Å². The van der Waals surface area contributed by atoms with Crippen LogP contribution in [0.4, 0.5) is 0 Å². The Morgan fingerprint density at radius 2 is 2.54 bits per heavy atom. The predicted octanol–water partition coefficient (Wildman–Crippen LogP) is 2.16. The Hall–Kier alpha value is -0.200. The van der Waals surface area contributed by atoms with Gasteiger partial charge in [0.05, 0.1) is 12.5 Å². The van der Waals surface area contributed by atoms with E-state index in [1.165, 1.54) is 24.3 Å². The molecule has 3 heteroatoms. The molecule has 2 atom stereocenters. The lowest BCUT2D eigenvalue weighted by molar-refractivity contribution is 0.419. The van der Waals surface area contributed by atoms with Crippen LogP contribution in [0, 0.1) is 11.3 Å². The predicted molar refractivity (Wildman–Crippen MR) is 57.8 cm³/mol. The molecule has 74 valence electrons. The summed E-state index contributed by atoms with van der Waals surface area (Å²) < 4.78 is 0. The monoisotopic (exact) mass is 198 g/mol. The Kier molecular flexibility index (Phi) is 5.26. The van der Waals surface area contributed by atoms with Crippen LogP contribution in [-0.2, 0) is 0 Å². The van der Waals surface area contributed by atoms with Crippen LogP contribution in [0.2, 0.25) is 0 Å². The SMILES string of the molecule is CCC(CC#N)NC1CCCSC1. The van der Waals surface area contributed by atoms with E-state index in [-0.39, 0.29) is 0 Å². The maximum atomic E-state index is 8.60. The average Bonchev–Trinajstić information content (AvgIpc) is 2.19. The Bertz CT molecular complexity index is 170. The van der Waals surface area contributed by atoms with E-state index in [0.29, 0.717) is 18.5 Å². The van der Waals surface area contributed by atoms with Crippen molar-refractivity contribution >= 4 is 11.8 Å². The molecule has 2 unspecified atom stereocenters. The third-order valence-corrected chi connectivity index (χ3v) is 3.68. The summed E-state index contributed by atoms with van der Waals surface area (Å²) in [5.74, 6) is 2.54. The van der Waals surface area contributed by atoms with Gasteiger partial charge in [0.2, 0.25) is 0 Å². The fourth-order valence-corrected chi connectivity index (χ4v) is 2.72. The molecule has 1 aliphatic heterocycles. The molecule has 2 nitrogen and oxygen atoms in total. The van der Waals surface area contributed by atoms with Crippen molar-refractivity contribution in [2.75, 3.05) is 11.5 Å². The number of thioether (sulfide) groups is 1. The molecular formula is C10H18N2S. The van der Waals surface area contributed by atoms with E-state index in [2.05, 4.69) is 18.3 Å². The minimum absolute atomic E-state index is 0.411. The van der Waals surface area contributed by atoms with Crippen LogP contribution in [0.15, 0.2) is 0 Å². The molecule has 0 amide bonds. The number of hydrogen-bond donors (Lipinski definition) is 1. The normalized spacial score (nSPS) is 25.1. The van der Waals surface area contributed by atoms with Crippen LogP contribution >= 0.6 is 11.8 Å². The van der Waals surface area contributed by atoms with E-state index in [1.54, 1.807) is 0 Å². The van der Waals surface area contributed by atoms with E-state index in [0.717, 1.165) is 6.42 Å². The van der Waals surface area contributed by atoms with Crippen molar-refractivity contribution < 1.29 is 0 Å². The van der Waals surface area contributed by atoms with Crippen molar-refractivity contribution in [2.45, 2.75) is 44.7 Å². The summed E-state index contributed by atoms with van der Waals surface area (Å²) >= 11 is 2.03. The van der Waals surface area contributed by atoms with Gasteiger partial charge in [-0.25, -0.2) is 0 Å². The molecular weight excluding hydrogens is 180 g/mol. The van der Waals surface area contributed by atoms with Crippen LogP contribution in [0.5, 0.6) is 0 Å². The molecule has 0 aromatic rings. The minimum Gasteiger partial charge on any atom is -0.309 e. The molecule has 0 aromatic carbocycles. The van der Waals surface area contributed by atoms with Gasteiger partial charge in [-0.3, -0.25) is 0 Å². The topological polar surface area (TPSA) is 35.8 Å². The van der Waals surface area contributed by atoms with Gasteiger partial charge in [0.1, 0.15) is 0 Å². The highest BCUT2D eigenvalue weighted by Gasteiger charge is 2.16. The van der Waals surface area contributed by atoms with E-state index in [1.807, 2.05) is 11.8 Å². The molecule has 13 heavy (non-hydrogen) atoms. The van der Waals surface area contributed by atoms with Gasteiger partial charge in [-0.2, -0.15) is 17.0 Å². The van der Waals surface area contributed by atoms with E-state index < -0.39 is 0 Å². The van der Waals surface area contributed by atoms with Crippen LogP contribution in [0.1, 0.15) is 32.6 Å². The van der Waals surface area contributed by atoms with Crippen molar-refractivity contribution in [3.05, 3.63) is 0 Å². The second-order valence-electron chi connectivity index (χ2n) is 3.55. The highest BCUT2D eigenvalue weighted by atomic mass is 32.2. The first kappa shape index (κ1) is 10.9. The van der Waals surface area contributed by atoms with Gasteiger partial charge in [0.25, 0.3) is 0 Å². The number of nitrogens with one attached hydrogen (secondary N) is 1. The zero-order chi connectivity index (χ0) is 9.52. The zero-order valence-corrected chi connectivity index (χ0v) is 9.07. The lowest BCUT2D eigenvalue weighted by Gasteiger charge is -2.26. The highest BCUT2D eigenvalue weighted by molar-refractivity contribution is 7.99. The Morgan fingerprint density at radius 1 is 1.69 bits per heavy atom. The van der Waals surface area contributed by atoms with Crippen LogP contribution in [0.25, 0.3) is 0 Å². The Morgan fingerprint density at radius 3 is 3.08 bits per heavy atom. The molecule has 1 fully saturated rings. The molecule has 1 rings (SSSR count). The second kappa shape index (κ2) is 6.28. The summed E-state index contributed by atoms with van der Waals surface area (Å²) in [7, 11) is 0. The lowest BCUT2D eigenvalue weighted by Crippen LogP contribution is -2.40. The van der Waals surface area contributed by atoms with Crippen molar-refractivity contribution in [1.82, 2.24) is 5.32 Å². The van der Waals surface area contributed by atoms with E-state index in [9.17, 15) is 0 Å². The molecule has 1 N–H and O–H groups in total. The number of hydrogen-bond acceptors (Lipinski definition) is 3. The summed E-state index contributed by atoms with van der Waals surface area (Å²) in [4.78, 5) is 0. The molecule has 0 radical (unpaired) electrons. The molecule has 0 spiro atoms. The summed E-state index contributed by atoms with van der Waals surface area (Å²) in [6.07, 6.45) is 4.33. The van der Waals surface area contributed by atoms with Gasteiger partial charge < -0.3 is 5.32 Å². The van der Waals surface area contributed by atoms with E-state index >= 15 is 0 Å². The summed E-state index contributed by atoms with van der Waals surface area (Å²) in [6, 6.07) is 3.30. The van der Waals surface area contributed by atoms with Crippen molar-refractivity contribution in [2.24, 2.45) is 0 Å². The minimum atomic E-state index is 0.411. The second-order valence-corrected chi connectivity index (χ2v) is 4.70. The first-order chi connectivity index (χ1) is 6.36. The average molecular weight is 198 g/mol. The summed E-state index contributed by atoms with van der Waals surface area (Å²) in [5.41, 5.74) is 0. The Balaban J connectivity index is 2.23. The molecule has 1 saturated heterocycles. The fraction of sp³-hybridized carbons (Fsp3) is 0.900. The standard InChI is InChI=1S/C10H18N2S/c1-2-9(5-6-11)12-10-4-3-7-13-8-10/h9-10,12H,2-5,7-8H2,1H3. The van der Waals surface area contributed by atoms with Gasteiger partial charge in [0, 0.05) is 17.8 Å². The lowest BCUT2D eigenvalue weighted by atomic mass is 10.1. The third kappa shape index (κ3) is 4.02. The van der Waals surface area contributed by atoms with Crippen LogP contribution in [-0.4, -0.2) is 23.6 Å². The molecule has 1 heterocycles. The van der Waals surface area contributed by atoms with Gasteiger partial charge in [-0.15, -0.1) is 0 Å². The number of nitriles is 1. The van der Waals surface area contributed by atoms with Gasteiger partial charge in [-0.05, 0) is 25.0 Å². The number of rotatable bonds is 4. The summed E-state index contributed by atoms with van der Waals surface area (Å²) in [5, 5.41) is 12.2. The third-order valence-electron chi connectivity index (χ3n) is 2.46. The quantitative estimate of drug-likeness (QED) is 0.752. The first-order valence-corrected chi connectivity index (χ1v) is 6.23. The van der Waals surface area contributed by atoms with E-state index in [4.69, 9.17) is 5.26 Å². The largest absolute Gasteiger partial charge is 0.309 e. The molecule has 0 aromatic heterocycles. The van der Waals surface area contributed by atoms with Crippen LogP contribution < -0.4 is 5.32 Å². The molecule has 1 aliphatic rings. The van der Waals surface area contributed by atoms with Crippen molar-refractivity contribution in [1.29, 1.82) is 5.26 Å². The zero-order valence-electron chi connectivity index (χ0n) is 8.25. The highest BCUT2D eigenvalue weighted by Crippen LogP contribution is 2.17. The fourth-order valence-electron chi connectivity index (χ4n) is 1.64. The molecule has 0 saturated carbocycles. The maximum Gasteiger partial charge on any atom is 0.0638 e. The Labute approximate surface area is 85.1 Å². The number of nitrogens with zero attached hydrogens (tertiary/aromatic N) is 1. The smallest absolute Gasteiger partial charge is 0.0638 e. The van der Waals surface area contributed by atoms with Crippen molar-refractivity contribution in [3.8, 4) is 6.07 Å². The van der Waals surface area contributed by atoms with Gasteiger partial charge >= 0.3 is 0 Å². The van der Waals surface area contributed by atoms with Gasteiger partial charge in [-0.1, -0.05) is 6.92 Å². The molecule has 0 bridgehead atoms. The van der Waals surface area contributed by atoms with Crippen molar-refractivity contribution in [3.63, 3.8) is 0 Å². The maximum absolute atomic E-state index is 8.60. The summed E-state index contributed by atoms with van der Waals surface area (Å²) in [6.45, 7) is 2.14. The van der Waals surface area contributed by atoms with Crippen LogP contribution in [0.3, 0.4) is 0 Å². The molecule has 0 aliphatic carbocycles. The first-order valence-electron chi connectivity index (χ1n) is 5.07.